The van der Waals surface area contributed by atoms with E-state index in [0.29, 0.717) is 0 Å². The first-order valence-electron chi connectivity index (χ1n) is 9.61. The van der Waals surface area contributed by atoms with Crippen molar-refractivity contribution in [2.75, 3.05) is 21.3 Å². The number of methoxy groups -OCH3 is 3. The zero-order valence-electron chi connectivity index (χ0n) is 17.1. The van der Waals surface area contributed by atoms with Crippen LogP contribution in [0.3, 0.4) is 0 Å². The Morgan fingerprint density at radius 3 is 2.14 bits per heavy atom. The van der Waals surface area contributed by atoms with Crippen LogP contribution in [0.15, 0.2) is 42.6 Å². The van der Waals surface area contributed by atoms with Gasteiger partial charge in [0.2, 0.25) is 5.52 Å². The van der Waals surface area contributed by atoms with E-state index in [1.807, 2.05) is 0 Å². The summed E-state index contributed by atoms with van der Waals surface area (Å²) in [5.74, 6) is 2.45. The second-order valence-electron chi connectivity index (χ2n) is 7.10. The maximum Gasteiger partial charge on any atom is 0.219 e. The highest BCUT2D eigenvalue weighted by Gasteiger charge is 2.18. The summed E-state index contributed by atoms with van der Waals surface area (Å²) in [7, 11) is 5.09. The number of nitrogens with zero attached hydrogens (tertiary/aromatic N) is 1. The molecule has 4 heteroatoms. The van der Waals surface area contributed by atoms with Gasteiger partial charge in [0.25, 0.3) is 0 Å². The van der Waals surface area contributed by atoms with Gasteiger partial charge in [-0.1, -0.05) is 13.3 Å². The van der Waals surface area contributed by atoms with Gasteiger partial charge in [-0.25, -0.2) is 0 Å². The highest BCUT2D eigenvalue weighted by molar-refractivity contribution is 5.99. The van der Waals surface area contributed by atoms with Crippen LogP contribution in [0.4, 0.5) is 0 Å². The maximum atomic E-state index is 5.63. The Morgan fingerprint density at radius 1 is 0.786 bits per heavy atom. The fourth-order valence-electron chi connectivity index (χ4n) is 4.06. The summed E-state index contributed by atoms with van der Waals surface area (Å²) >= 11 is 0. The molecular weight excluding hydrogens is 350 g/mol. The summed E-state index contributed by atoms with van der Waals surface area (Å²) in [6.07, 6.45) is 4.21. The Bertz CT molecular complexity index is 1200. The van der Waals surface area contributed by atoms with E-state index in [9.17, 15) is 0 Å². The number of hydrogen-bond donors (Lipinski definition) is 0. The number of aromatic nitrogens is 1. The normalized spacial score (nSPS) is 11.3. The fourth-order valence-corrected chi connectivity index (χ4v) is 4.06. The van der Waals surface area contributed by atoms with Crippen molar-refractivity contribution in [3.8, 4) is 17.2 Å². The molecule has 0 fully saturated rings. The van der Waals surface area contributed by atoms with Crippen LogP contribution in [-0.4, -0.2) is 21.3 Å². The summed E-state index contributed by atoms with van der Waals surface area (Å²) < 4.78 is 18.9. The molecule has 2 aromatic heterocycles. The van der Waals surface area contributed by atoms with Gasteiger partial charge in [-0.15, -0.1) is 0 Å². The summed E-state index contributed by atoms with van der Waals surface area (Å²) in [4.78, 5) is 0. The first-order valence-corrected chi connectivity index (χ1v) is 9.61. The molecule has 0 aliphatic carbocycles. The van der Waals surface area contributed by atoms with Crippen LogP contribution < -0.4 is 18.6 Å². The SMILES string of the molecule is CCCc1cc2c(cc[n+]3c(C)c4cc(OC)c(OC)cc4cc23)cc1OC. The number of fused-ring (bicyclic) bond motifs is 4. The fraction of sp³-hybridized carbons (Fsp3) is 0.292. The summed E-state index contributed by atoms with van der Waals surface area (Å²) in [6.45, 7) is 4.34. The predicted molar refractivity (Wildman–Crippen MR) is 113 cm³/mol. The largest absolute Gasteiger partial charge is 0.496 e. The zero-order valence-corrected chi connectivity index (χ0v) is 17.1. The molecule has 4 rings (SSSR count). The molecule has 0 saturated heterocycles. The number of benzene rings is 2. The number of pyridine rings is 2. The predicted octanol–water partition coefficient (Wildman–Crippen LogP) is 5.02. The van der Waals surface area contributed by atoms with Crippen molar-refractivity contribution in [3.05, 3.63) is 53.9 Å². The second kappa shape index (κ2) is 7.19. The van der Waals surface area contributed by atoms with Gasteiger partial charge < -0.3 is 14.2 Å². The van der Waals surface area contributed by atoms with E-state index in [2.05, 4.69) is 60.8 Å². The Kier molecular flexibility index (Phi) is 4.71. The molecule has 144 valence electrons. The molecule has 2 heterocycles. The Hall–Kier alpha value is -3.01. The van der Waals surface area contributed by atoms with E-state index < -0.39 is 0 Å². The molecule has 2 aromatic carbocycles. The van der Waals surface area contributed by atoms with Crippen LogP contribution in [0.1, 0.15) is 24.6 Å². The van der Waals surface area contributed by atoms with Gasteiger partial charge in [-0.05, 0) is 47.0 Å². The van der Waals surface area contributed by atoms with Crippen molar-refractivity contribution >= 4 is 27.1 Å². The van der Waals surface area contributed by atoms with Crippen molar-refractivity contribution in [1.82, 2.24) is 0 Å². The van der Waals surface area contributed by atoms with E-state index in [4.69, 9.17) is 14.2 Å². The van der Waals surface area contributed by atoms with Gasteiger partial charge in [0, 0.05) is 19.1 Å². The van der Waals surface area contributed by atoms with Gasteiger partial charge in [0.1, 0.15) is 5.75 Å². The van der Waals surface area contributed by atoms with Gasteiger partial charge in [-0.2, -0.15) is 4.40 Å². The Labute approximate surface area is 165 Å². The summed E-state index contributed by atoms with van der Waals surface area (Å²) in [5, 5.41) is 4.69. The lowest BCUT2D eigenvalue weighted by Crippen LogP contribution is -2.25. The van der Waals surface area contributed by atoms with Crippen LogP contribution in [0.25, 0.3) is 27.1 Å². The molecule has 0 N–H and O–H groups in total. The standard InChI is InChI=1S/C24H26NO3/c1-6-7-17-10-20-16(12-22(17)26-3)8-9-25-15(2)19-14-24(28-5)23(27-4)13-18(19)11-21(20)25/h8-14H,6-7H2,1-5H3/q+1. The lowest BCUT2D eigenvalue weighted by atomic mass is 10.0. The van der Waals surface area contributed by atoms with Crippen molar-refractivity contribution in [1.29, 1.82) is 0 Å². The van der Waals surface area contributed by atoms with Gasteiger partial charge in [0.15, 0.2) is 23.4 Å². The number of hydrogen-bond acceptors (Lipinski definition) is 3. The van der Waals surface area contributed by atoms with E-state index in [1.165, 1.54) is 27.5 Å². The lowest BCUT2D eigenvalue weighted by Gasteiger charge is -2.12. The van der Waals surface area contributed by atoms with Gasteiger partial charge in [-0.3, -0.25) is 0 Å². The summed E-state index contributed by atoms with van der Waals surface area (Å²) in [6, 6.07) is 12.9. The molecule has 0 unspecified atom stereocenters. The molecule has 0 bridgehead atoms. The molecule has 0 atom stereocenters. The molecule has 0 saturated carbocycles. The molecule has 0 aliphatic heterocycles. The second-order valence-corrected chi connectivity index (χ2v) is 7.10. The zero-order chi connectivity index (χ0) is 19.8. The van der Waals surface area contributed by atoms with E-state index in [1.54, 1.807) is 21.3 Å². The van der Waals surface area contributed by atoms with Crippen LogP contribution in [0.2, 0.25) is 0 Å². The number of ether oxygens (including phenoxy) is 3. The minimum atomic E-state index is 0.743. The number of aryl methyl sites for hydroxylation is 2. The first kappa shape index (κ1) is 18.4. The van der Waals surface area contributed by atoms with Gasteiger partial charge >= 0.3 is 0 Å². The minimum Gasteiger partial charge on any atom is -0.496 e. The highest BCUT2D eigenvalue weighted by Crippen LogP contribution is 2.35. The summed E-state index contributed by atoms with van der Waals surface area (Å²) in [5.41, 5.74) is 3.59. The molecular formula is C24H26NO3+. The Balaban J connectivity index is 2.10. The monoisotopic (exact) mass is 376 g/mol. The average Bonchev–Trinajstić information content (AvgIpc) is 2.72. The van der Waals surface area contributed by atoms with Crippen molar-refractivity contribution in [2.45, 2.75) is 26.7 Å². The van der Waals surface area contributed by atoms with Crippen LogP contribution in [0.5, 0.6) is 17.2 Å². The molecule has 0 radical (unpaired) electrons. The van der Waals surface area contributed by atoms with Crippen molar-refractivity contribution in [3.63, 3.8) is 0 Å². The lowest BCUT2D eigenvalue weighted by molar-refractivity contribution is -0.516. The third-order valence-electron chi connectivity index (χ3n) is 5.51. The van der Waals surface area contributed by atoms with E-state index in [0.717, 1.165) is 40.9 Å². The molecule has 28 heavy (non-hydrogen) atoms. The topological polar surface area (TPSA) is 31.8 Å². The molecule has 0 aliphatic rings. The third kappa shape index (κ3) is 2.80. The smallest absolute Gasteiger partial charge is 0.219 e. The van der Waals surface area contributed by atoms with Crippen molar-refractivity contribution in [2.24, 2.45) is 0 Å². The first-order chi connectivity index (χ1) is 13.6. The van der Waals surface area contributed by atoms with Crippen LogP contribution in [0, 0.1) is 6.92 Å². The molecule has 0 amide bonds. The van der Waals surface area contributed by atoms with E-state index in [-0.39, 0.29) is 0 Å². The maximum absolute atomic E-state index is 5.63. The highest BCUT2D eigenvalue weighted by atomic mass is 16.5. The molecule has 4 aromatic rings. The van der Waals surface area contributed by atoms with Crippen LogP contribution in [-0.2, 0) is 6.42 Å². The number of rotatable bonds is 5. The minimum absolute atomic E-state index is 0.743. The Morgan fingerprint density at radius 2 is 1.46 bits per heavy atom. The van der Waals surface area contributed by atoms with Crippen molar-refractivity contribution < 1.29 is 18.6 Å². The van der Waals surface area contributed by atoms with Gasteiger partial charge in [0.05, 0.1) is 32.1 Å². The third-order valence-corrected chi connectivity index (χ3v) is 5.51. The van der Waals surface area contributed by atoms with Crippen LogP contribution >= 0.6 is 0 Å². The average molecular weight is 376 g/mol. The van der Waals surface area contributed by atoms with E-state index >= 15 is 0 Å². The molecule has 0 spiro atoms. The molecule has 4 nitrogen and oxygen atoms in total. The quantitative estimate of drug-likeness (QED) is 0.278.